The predicted molar refractivity (Wildman–Crippen MR) is 33.6 cm³/mol. The van der Waals surface area contributed by atoms with Crippen molar-refractivity contribution >= 4 is 5.65 Å². The first-order valence-electron chi connectivity index (χ1n) is 2.75. The second kappa shape index (κ2) is 1.66. The van der Waals surface area contributed by atoms with E-state index in [1.165, 1.54) is 16.9 Å². The van der Waals surface area contributed by atoms with Crippen molar-refractivity contribution in [3.63, 3.8) is 0 Å². The van der Waals surface area contributed by atoms with Crippen LogP contribution in [0.5, 0.6) is 0 Å². The molecular weight excluding hydrogens is 132 g/mol. The minimum Gasteiger partial charge on any atom is -0.314 e. The predicted octanol–water partition coefficient (Wildman–Crippen LogP) is -0.582. The molecule has 0 spiro atoms. The minimum absolute atomic E-state index is 0.220. The second-order valence-corrected chi connectivity index (χ2v) is 1.84. The number of fused-ring (bicyclic) bond motifs is 1. The summed E-state index contributed by atoms with van der Waals surface area (Å²) in [6, 6.07) is 1.67. The molecule has 5 heteroatoms. The quantitative estimate of drug-likeness (QED) is 0.526. The van der Waals surface area contributed by atoms with Crippen molar-refractivity contribution in [2.75, 3.05) is 0 Å². The number of H-pyrrole nitrogens is 1. The van der Waals surface area contributed by atoms with Crippen molar-refractivity contribution in [2.24, 2.45) is 0 Å². The van der Waals surface area contributed by atoms with Gasteiger partial charge in [0.2, 0.25) is 0 Å². The lowest BCUT2D eigenvalue weighted by molar-refractivity contribution is 0.995. The van der Waals surface area contributed by atoms with Gasteiger partial charge in [-0.1, -0.05) is 0 Å². The van der Waals surface area contributed by atoms with E-state index < -0.39 is 0 Å². The largest absolute Gasteiger partial charge is 0.332 e. The monoisotopic (exact) mass is 136 g/mol. The van der Waals surface area contributed by atoms with Gasteiger partial charge in [0.15, 0.2) is 5.65 Å². The Labute approximate surface area is 55.3 Å². The number of aromatic amines is 1. The molecule has 0 aliphatic carbocycles. The number of aromatic nitrogens is 4. The molecule has 0 saturated carbocycles. The Hall–Kier alpha value is -1.65. The molecule has 2 heterocycles. The number of rotatable bonds is 0. The Morgan fingerprint density at radius 1 is 1.60 bits per heavy atom. The van der Waals surface area contributed by atoms with E-state index in [0.717, 1.165) is 0 Å². The molecule has 0 atom stereocenters. The van der Waals surface area contributed by atoms with Crippen molar-refractivity contribution in [1.82, 2.24) is 19.6 Å². The van der Waals surface area contributed by atoms with E-state index in [4.69, 9.17) is 0 Å². The average molecular weight is 136 g/mol. The van der Waals surface area contributed by atoms with Gasteiger partial charge in [-0.2, -0.15) is 0 Å². The smallest absolute Gasteiger partial charge is 0.314 e. The maximum atomic E-state index is 10.9. The highest BCUT2D eigenvalue weighted by molar-refractivity contribution is 5.32. The van der Waals surface area contributed by atoms with Crippen LogP contribution < -0.4 is 5.69 Å². The van der Waals surface area contributed by atoms with Crippen LogP contribution in [0.25, 0.3) is 5.65 Å². The standard InChI is InChI=1S/C5H4N4O/c10-5-6-2-1-4-8-7-3-9(4)5/h1-3H,(H,6,10). The summed E-state index contributed by atoms with van der Waals surface area (Å²) in [6.07, 6.45) is 2.90. The first-order chi connectivity index (χ1) is 4.88. The molecule has 0 saturated heterocycles. The van der Waals surface area contributed by atoms with Crippen LogP contribution in [-0.2, 0) is 0 Å². The summed E-state index contributed by atoms with van der Waals surface area (Å²) in [5.74, 6) is 0. The van der Waals surface area contributed by atoms with Gasteiger partial charge in [-0.3, -0.25) is 0 Å². The zero-order chi connectivity index (χ0) is 6.97. The molecule has 5 nitrogen and oxygen atoms in total. The highest BCUT2D eigenvalue weighted by atomic mass is 16.1. The molecule has 0 aliphatic rings. The lowest BCUT2D eigenvalue weighted by Crippen LogP contribution is -2.13. The fourth-order valence-corrected chi connectivity index (χ4v) is 0.771. The Morgan fingerprint density at radius 2 is 2.50 bits per heavy atom. The topological polar surface area (TPSA) is 63.0 Å². The lowest BCUT2D eigenvalue weighted by atomic mass is 10.6. The molecule has 0 fully saturated rings. The third kappa shape index (κ3) is 0.540. The van der Waals surface area contributed by atoms with Gasteiger partial charge in [-0.15, -0.1) is 10.2 Å². The van der Waals surface area contributed by atoms with E-state index in [-0.39, 0.29) is 5.69 Å². The highest BCUT2D eigenvalue weighted by Crippen LogP contribution is 1.87. The van der Waals surface area contributed by atoms with Crippen LogP contribution in [0.4, 0.5) is 0 Å². The Bertz CT molecular complexity index is 401. The molecule has 1 N–H and O–H groups in total. The van der Waals surface area contributed by atoms with Gasteiger partial charge >= 0.3 is 5.69 Å². The van der Waals surface area contributed by atoms with Crippen LogP contribution in [0.15, 0.2) is 23.4 Å². The van der Waals surface area contributed by atoms with Gasteiger partial charge in [0, 0.05) is 6.20 Å². The molecule has 0 unspecified atom stereocenters. The van der Waals surface area contributed by atoms with Crippen LogP contribution in [0.3, 0.4) is 0 Å². The molecule has 0 aliphatic heterocycles. The van der Waals surface area contributed by atoms with Gasteiger partial charge in [0.1, 0.15) is 6.33 Å². The van der Waals surface area contributed by atoms with Crippen molar-refractivity contribution in [1.29, 1.82) is 0 Å². The van der Waals surface area contributed by atoms with E-state index in [9.17, 15) is 4.79 Å². The maximum absolute atomic E-state index is 10.9. The fraction of sp³-hybridized carbons (Fsp3) is 0. The summed E-state index contributed by atoms with van der Waals surface area (Å²) < 4.78 is 1.33. The molecule has 50 valence electrons. The van der Waals surface area contributed by atoms with Gasteiger partial charge in [-0.05, 0) is 6.07 Å². The van der Waals surface area contributed by atoms with E-state index in [1.807, 2.05) is 0 Å². The summed E-state index contributed by atoms with van der Waals surface area (Å²) in [4.78, 5) is 13.4. The minimum atomic E-state index is -0.220. The van der Waals surface area contributed by atoms with Gasteiger partial charge in [0.05, 0.1) is 0 Å². The number of hydrogen-bond acceptors (Lipinski definition) is 3. The normalized spacial score (nSPS) is 10.4. The van der Waals surface area contributed by atoms with Gasteiger partial charge < -0.3 is 4.98 Å². The number of nitrogens with zero attached hydrogens (tertiary/aromatic N) is 3. The molecule has 0 radical (unpaired) electrons. The van der Waals surface area contributed by atoms with Crippen LogP contribution in [-0.4, -0.2) is 19.6 Å². The zero-order valence-electron chi connectivity index (χ0n) is 4.98. The molecule has 2 aromatic rings. The summed E-state index contributed by atoms with van der Waals surface area (Å²) >= 11 is 0. The molecule has 10 heavy (non-hydrogen) atoms. The zero-order valence-corrected chi connectivity index (χ0v) is 4.98. The van der Waals surface area contributed by atoms with E-state index in [1.54, 1.807) is 6.07 Å². The third-order valence-electron chi connectivity index (χ3n) is 1.23. The van der Waals surface area contributed by atoms with E-state index >= 15 is 0 Å². The van der Waals surface area contributed by atoms with E-state index in [0.29, 0.717) is 5.65 Å². The lowest BCUT2D eigenvalue weighted by Gasteiger charge is -1.85. The molecule has 2 aromatic heterocycles. The first-order valence-corrected chi connectivity index (χ1v) is 2.75. The Kier molecular flexibility index (Phi) is 0.858. The van der Waals surface area contributed by atoms with Crippen LogP contribution >= 0.6 is 0 Å². The second-order valence-electron chi connectivity index (χ2n) is 1.84. The fourth-order valence-electron chi connectivity index (χ4n) is 0.771. The van der Waals surface area contributed by atoms with Crippen molar-refractivity contribution in [2.45, 2.75) is 0 Å². The maximum Gasteiger partial charge on any atom is 0.332 e. The van der Waals surface area contributed by atoms with Gasteiger partial charge in [0.25, 0.3) is 0 Å². The third-order valence-corrected chi connectivity index (χ3v) is 1.23. The van der Waals surface area contributed by atoms with Crippen molar-refractivity contribution < 1.29 is 0 Å². The average Bonchev–Trinajstić information content (AvgIpc) is 2.36. The SMILES string of the molecule is O=c1[nH]ccc2nncn12. The van der Waals surface area contributed by atoms with Crippen molar-refractivity contribution in [3.8, 4) is 0 Å². The van der Waals surface area contributed by atoms with Crippen LogP contribution in [0.2, 0.25) is 0 Å². The van der Waals surface area contributed by atoms with Crippen molar-refractivity contribution in [3.05, 3.63) is 29.1 Å². The van der Waals surface area contributed by atoms with Gasteiger partial charge in [-0.25, -0.2) is 9.20 Å². The number of nitrogens with one attached hydrogen (secondary N) is 1. The molecule has 0 amide bonds. The summed E-state index contributed by atoms with van der Waals surface area (Å²) in [6.45, 7) is 0. The Balaban J connectivity index is 3.09. The number of hydrogen-bond donors (Lipinski definition) is 1. The molecule has 2 rings (SSSR count). The van der Waals surface area contributed by atoms with Crippen LogP contribution in [0, 0.1) is 0 Å². The Morgan fingerprint density at radius 3 is 3.30 bits per heavy atom. The molecule has 0 aromatic carbocycles. The first kappa shape index (κ1) is 5.16. The van der Waals surface area contributed by atoms with Crippen LogP contribution in [0.1, 0.15) is 0 Å². The summed E-state index contributed by atoms with van der Waals surface area (Å²) in [5.41, 5.74) is 0.339. The molecular formula is C5H4N4O. The highest BCUT2D eigenvalue weighted by Gasteiger charge is 1.93. The summed E-state index contributed by atoms with van der Waals surface area (Å²) in [5, 5.41) is 7.23. The van der Waals surface area contributed by atoms with E-state index in [2.05, 4.69) is 15.2 Å². The molecule has 0 bridgehead atoms. The summed E-state index contributed by atoms with van der Waals surface area (Å²) in [7, 11) is 0.